The number of aliphatic hydroxyl groups is 1. The lowest BCUT2D eigenvalue weighted by molar-refractivity contribution is -0.130. The monoisotopic (exact) mass is 381 g/mol. The molecule has 1 aromatic heterocycles. The summed E-state index contributed by atoms with van der Waals surface area (Å²) >= 11 is 0. The molecule has 6 nitrogen and oxygen atoms in total. The van der Waals surface area contributed by atoms with Crippen molar-refractivity contribution in [1.29, 1.82) is 0 Å². The zero-order valence-electron chi connectivity index (χ0n) is 16.3. The predicted octanol–water partition coefficient (Wildman–Crippen LogP) is 2.17. The van der Waals surface area contributed by atoms with Gasteiger partial charge in [0.2, 0.25) is 5.91 Å². The topological polar surface area (TPSA) is 73.7 Å². The van der Waals surface area contributed by atoms with E-state index >= 15 is 0 Å². The second-order valence-corrected chi connectivity index (χ2v) is 8.04. The van der Waals surface area contributed by atoms with Gasteiger partial charge in [-0.15, -0.1) is 0 Å². The SMILES string of the molecule is CC(=O)N1CCC([C@@H]2CN(C(=O)c3nccc4ccccc34)C[C@H]2CO)CC1. The first-order valence-electron chi connectivity index (χ1n) is 10.1. The van der Waals surface area contributed by atoms with Gasteiger partial charge in [0.05, 0.1) is 0 Å². The van der Waals surface area contributed by atoms with Crippen LogP contribution in [0, 0.1) is 17.8 Å². The molecule has 2 aliphatic heterocycles. The summed E-state index contributed by atoms with van der Waals surface area (Å²) in [5.74, 6) is 0.873. The zero-order valence-corrected chi connectivity index (χ0v) is 16.3. The molecule has 1 aromatic carbocycles. The molecule has 3 heterocycles. The normalized spacial score (nSPS) is 23.4. The average molecular weight is 381 g/mol. The van der Waals surface area contributed by atoms with Crippen LogP contribution in [-0.4, -0.2) is 64.5 Å². The second-order valence-electron chi connectivity index (χ2n) is 8.04. The first-order chi connectivity index (χ1) is 13.6. The van der Waals surface area contributed by atoms with Crippen molar-refractivity contribution in [3.8, 4) is 0 Å². The Morgan fingerprint density at radius 1 is 1.11 bits per heavy atom. The highest BCUT2D eigenvalue weighted by atomic mass is 16.3. The molecule has 6 heteroatoms. The lowest BCUT2D eigenvalue weighted by atomic mass is 9.79. The molecule has 2 saturated heterocycles. The third-order valence-corrected chi connectivity index (χ3v) is 6.48. The van der Waals surface area contributed by atoms with Crippen molar-refractivity contribution < 1.29 is 14.7 Å². The van der Waals surface area contributed by atoms with Gasteiger partial charge in [0.1, 0.15) is 5.69 Å². The van der Waals surface area contributed by atoms with Crippen molar-refractivity contribution in [3.05, 3.63) is 42.2 Å². The van der Waals surface area contributed by atoms with Crippen LogP contribution in [0.25, 0.3) is 10.8 Å². The van der Waals surface area contributed by atoms with Crippen LogP contribution in [0.1, 0.15) is 30.3 Å². The summed E-state index contributed by atoms with van der Waals surface area (Å²) in [7, 11) is 0. The molecule has 2 aliphatic rings. The van der Waals surface area contributed by atoms with Crippen molar-refractivity contribution >= 4 is 22.6 Å². The lowest BCUT2D eigenvalue weighted by Crippen LogP contribution is -2.40. The number of benzene rings is 1. The minimum Gasteiger partial charge on any atom is -0.396 e. The van der Waals surface area contributed by atoms with Gasteiger partial charge in [-0.25, -0.2) is 0 Å². The number of hydrogen-bond acceptors (Lipinski definition) is 4. The van der Waals surface area contributed by atoms with Crippen molar-refractivity contribution in [1.82, 2.24) is 14.8 Å². The highest BCUT2D eigenvalue weighted by Crippen LogP contribution is 2.36. The number of hydrogen-bond donors (Lipinski definition) is 1. The number of amides is 2. The number of carbonyl (C=O) groups is 2. The van der Waals surface area contributed by atoms with Crippen molar-refractivity contribution in [2.75, 3.05) is 32.8 Å². The number of aliphatic hydroxyl groups excluding tert-OH is 1. The molecular formula is C22H27N3O3. The smallest absolute Gasteiger partial charge is 0.273 e. The fourth-order valence-electron chi connectivity index (χ4n) is 4.87. The highest BCUT2D eigenvalue weighted by Gasteiger charge is 2.41. The quantitative estimate of drug-likeness (QED) is 0.884. The Balaban J connectivity index is 1.51. The predicted molar refractivity (Wildman–Crippen MR) is 107 cm³/mol. The van der Waals surface area contributed by atoms with Crippen LogP contribution >= 0.6 is 0 Å². The number of rotatable bonds is 3. The van der Waals surface area contributed by atoms with E-state index in [1.807, 2.05) is 40.1 Å². The molecule has 28 heavy (non-hydrogen) atoms. The lowest BCUT2D eigenvalue weighted by Gasteiger charge is -2.35. The Hall–Kier alpha value is -2.47. The standard InChI is InChI=1S/C22H27N3O3/c1-15(27)24-10-7-17(8-11-24)20-13-25(12-18(20)14-26)22(28)21-19-5-3-2-4-16(19)6-9-23-21/h2-6,9,17-18,20,26H,7-8,10-14H2,1H3/t18-,20-/m0/s1. The van der Waals surface area contributed by atoms with Gasteiger partial charge in [-0.05, 0) is 36.1 Å². The van der Waals surface area contributed by atoms with Crippen molar-refractivity contribution in [3.63, 3.8) is 0 Å². The summed E-state index contributed by atoms with van der Waals surface area (Å²) in [5, 5.41) is 11.8. The second kappa shape index (κ2) is 7.87. The summed E-state index contributed by atoms with van der Waals surface area (Å²) in [4.78, 5) is 32.9. The number of piperidine rings is 1. The molecule has 0 saturated carbocycles. The number of nitrogens with zero attached hydrogens (tertiary/aromatic N) is 3. The maximum absolute atomic E-state index is 13.2. The van der Waals surface area contributed by atoms with E-state index in [-0.39, 0.29) is 30.3 Å². The zero-order chi connectivity index (χ0) is 19.7. The van der Waals surface area contributed by atoms with Crippen LogP contribution in [0.15, 0.2) is 36.5 Å². The van der Waals surface area contributed by atoms with Gasteiger partial charge < -0.3 is 14.9 Å². The van der Waals surface area contributed by atoms with E-state index in [2.05, 4.69) is 4.98 Å². The maximum atomic E-state index is 13.2. The third-order valence-electron chi connectivity index (χ3n) is 6.48. The van der Waals surface area contributed by atoms with Gasteiger partial charge in [-0.1, -0.05) is 24.3 Å². The highest BCUT2D eigenvalue weighted by molar-refractivity contribution is 6.05. The van der Waals surface area contributed by atoms with E-state index in [9.17, 15) is 14.7 Å². The third kappa shape index (κ3) is 3.49. The van der Waals surface area contributed by atoms with Gasteiger partial charge in [-0.2, -0.15) is 0 Å². The van der Waals surface area contributed by atoms with E-state index in [1.54, 1.807) is 13.1 Å². The Labute approximate surface area is 165 Å². The molecular weight excluding hydrogens is 354 g/mol. The minimum absolute atomic E-state index is 0.0566. The molecule has 2 atom stereocenters. The van der Waals surface area contributed by atoms with Crippen LogP contribution < -0.4 is 0 Å². The van der Waals surface area contributed by atoms with Crippen molar-refractivity contribution in [2.45, 2.75) is 19.8 Å². The molecule has 0 unspecified atom stereocenters. The van der Waals surface area contributed by atoms with Gasteiger partial charge in [0, 0.05) is 57.2 Å². The summed E-state index contributed by atoms with van der Waals surface area (Å²) in [6, 6.07) is 9.72. The number of carbonyl (C=O) groups excluding carboxylic acids is 2. The summed E-state index contributed by atoms with van der Waals surface area (Å²) < 4.78 is 0. The molecule has 0 aliphatic carbocycles. The molecule has 2 amide bonds. The summed E-state index contributed by atoms with van der Waals surface area (Å²) in [6.07, 6.45) is 3.56. The Morgan fingerprint density at radius 3 is 2.57 bits per heavy atom. The fourth-order valence-corrected chi connectivity index (χ4v) is 4.87. The minimum atomic E-state index is -0.0566. The number of aromatic nitrogens is 1. The van der Waals surface area contributed by atoms with Crippen molar-refractivity contribution in [2.24, 2.45) is 17.8 Å². The molecule has 148 valence electrons. The Morgan fingerprint density at radius 2 is 1.86 bits per heavy atom. The molecule has 4 rings (SSSR count). The number of likely N-dealkylation sites (tertiary alicyclic amines) is 2. The van der Waals surface area contributed by atoms with Crippen LogP contribution in [0.3, 0.4) is 0 Å². The van der Waals surface area contributed by atoms with Crippen LogP contribution in [0.4, 0.5) is 0 Å². The van der Waals surface area contributed by atoms with E-state index < -0.39 is 0 Å². The first-order valence-corrected chi connectivity index (χ1v) is 10.1. The fraction of sp³-hybridized carbons (Fsp3) is 0.500. The summed E-state index contributed by atoms with van der Waals surface area (Å²) in [5.41, 5.74) is 0.488. The van der Waals surface area contributed by atoms with Crippen LogP contribution in [-0.2, 0) is 4.79 Å². The van der Waals surface area contributed by atoms with E-state index in [0.29, 0.717) is 24.7 Å². The number of fused-ring (bicyclic) bond motifs is 1. The Kier molecular flexibility index (Phi) is 5.31. The molecule has 0 bridgehead atoms. The van der Waals surface area contributed by atoms with Gasteiger partial charge >= 0.3 is 0 Å². The van der Waals surface area contributed by atoms with E-state index in [0.717, 1.165) is 36.7 Å². The summed E-state index contributed by atoms with van der Waals surface area (Å²) in [6.45, 7) is 4.47. The largest absolute Gasteiger partial charge is 0.396 e. The van der Waals surface area contributed by atoms with E-state index in [4.69, 9.17) is 0 Å². The Bertz CT molecular complexity index is 871. The van der Waals surface area contributed by atoms with Crippen LogP contribution in [0.2, 0.25) is 0 Å². The number of pyridine rings is 1. The molecule has 1 N–H and O–H groups in total. The first kappa shape index (κ1) is 18.9. The van der Waals surface area contributed by atoms with Gasteiger partial charge in [0.25, 0.3) is 5.91 Å². The maximum Gasteiger partial charge on any atom is 0.273 e. The average Bonchev–Trinajstić information content (AvgIpc) is 3.17. The molecule has 2 fully saturated rings. The molecule has 2 aromatic rings. The molecule has 0 radical (unpaired) electrons. The molecule has 0 spiro atoms. The van der Waals surface area contributed by atoms with Gasteiger partial charge in [-0.3, -0.25) is 14.6 Å². The van der Waals surface area contributed by atoms with Gasteiger partial charge in [0.15, 0.2) is 0 Å². The van der Waals surface area contributed by atoms with E-state index in [1.165, 1.54) is 0 Å². The van der Waals surface area contributed by atoms with Crippen LogP contribution in [0.5, 0.6) is 0 Å².